The summed E-state index contributed by atoms with van der Waals surface area (Å²) in [5, 5.41) is 0. The van der Waals surface area contributed by atoms with Gasteiger partial charge in [-0.1, -0.05) is 61.8 Å². The van der Waals surface area contributed by atoms with Gasteiger partial charge >= 0.3 is 0 Å². The SMILES string of the molecule is CCC(CC(C)C(C)(C)C)C(C)(C)C. The zero-order valence-corrected chi connectivity index (χ0v) is 11.6. The predicted molar refractivity (Wildman–Crippen MR) is 66.5 cm³/mol. The number of rotatable bonds is 3. The Labute approximate surface area is 91.5 Å². The topological polar surface area (TPSA) is 0 Å². The Kier molecular flexibility index (Phi) is 4.68. The van der Waals surface area contributed by atoms with E-state index in [2.05, 4.69) is 55.4 Å². The Morgan fingerprint density at radius 2 is 1.29 bits per heavy atom. The molecule has 0 heteroatoms. The molecule has 0 nitrogen and oxygen atoms in total. The van der Waals surface area contributed by atoms with Crippen molar-refractivity contribution in [1.82, 2.24) is 0 Å². The Morgan fingerprint density at radius 1 is 0.857 bits per heavy atom. The average molecular weight is 198 g/mol. The number of hydrogen-bond donors (Lipinski definition) is 0. The Balaban J connectivity index is 4.34. The molecule has 14 heavy (non-hydrogen) atoms. The molecule has 0 spiro atoms. The minimum absolute atomic E-state index is 0.457. The normalized spacial score (nSPS) is 18.0. The molecule has 0 aromatic heterocycles. The maximum Gasteiger partial charge on any atom is -0.0354 e. The highest BCUT2D eigenvalue weighted by Gasteiger charge is 2.28. The highest BCUT2D eigenvalue weighted by molar-refractivity contribution is 4.79. The molecule has 0 aliphatic heterocycles. The summed E-state index contributed by atoms with van der Waals surface area (Å²) in [7, 11) is 0. The van der Waals surface area contributed by atoms with Crippen molar-refractivity contribution in [2.24, 2.45) is 22.7 Å². The van der Waals surface area contributed by atoms with Crippen molar-refractivity contribution in [3.63, 3.8) is 0 Å². The zero-order valence-electron chi connectivity index (χ0n) is 11.6. The minimum atomic E-state index is 0.457. The molecule has 0 aromatic rings. The van der Waals surface area contributed by atoms with Crippen LogP contribution < -0.4 is 0 Å². The molecule has 0 aliphatic rings. The van der Waals surface area contributed by atoms with Crippen LogP contribution in [0.25, 0.3) is 0 Å². The van der Waals surface area contributed by atoms with Gasteiger partial charge in [0.15, 0.2) is 0 Å². The van der Waals surface area contributed by atoms with Crippen molar-refractivity contribution in [1.29, 1.82) is 0 Å². The third kappa shape index (κ3) is 4.48. The van der Waals surface area contributed by atoms with E-state index in [0.717, 1.165) is 11.8 Å². The summed E-state index contributed by atoms with van der Waals surface area (Å²) in [6.45, 7) is 18.9. The zero-order chi connectivity index (χ0) is 11.6. The molecule has 0 aromatic carbocycles. The van der Waals surface area contributed by atoms with Crippen LogP contribution in [0.3, 0.4) is 0 Å². The summed E-state index contributed by atoms with van der Waals surface area (Å²) in [4.78, 5) is 0. The Morgan fingerprint density at radius 3 is 1.50 bits per heavy atom. The lowest BCUT2D eigenvalue weighted by Gasteiger charge is -2.36. The van der Waals surface area contributed by atoms with Crippen molar-refractivity contribution in [3.8, 4) is 0 Å². The molecule has 0 heterocycles. The second kappa shape index (κ2) is 4.68. The summed E-state index contributed by atoms with van der Waals surface area (Å²) < 4.78 is 0. The molecule has 0 radical (unpaired) electrons. The van der Waals surface area contributed by atoms with Crippen LogP contribution in [-0.2, 0) is 0 Å². The van der Waals surface area contributed by atoms with Gasteiger partial charge in [-0.15, -0.1) is 0 Å². The Hall–Kier alpha value is 0. The highest BCUT2D eigenvalue weighted by atomic mass is 14.3. The van der Waals surface area contributed by atoms with E-state index in [-0.39, 0.29) is 0 Å². The van der Waals surface area contributed by atoms with Gasteiger partial charge in [-0.25, -0.2) is 0 Å². The summed E-state index contributed by atoms with van der Waals surface area (Å²) >= 11 is 0. The van der Waals surface area contributed by atoms with Gasteiger partial charge in [-0.05, 0) is 29.1 Å². The van der Waals surface area contributed by atoms with Gasteiger partial charge in [-0.2, -0.15) is 0 Å². The van der Waals surface area contributed by atoms with Crippen molar-refractivity contribution in [3.05, 3.63) is 0 Å². The molecule has 2 atom stereocenters. The summed E-state index contributed by atoms with van der Waals surface area (Å²) in [5.41, 5.74) is 0.924. The van der Waals surface area contributed by atoms with Crippen LogP contribution in [0.2, 0.25) is 0 Å². The van der Waals surface area contributed by atoms with Crippen LogP contribution in [0.5, 0.6) is 0 Å². The quantitative estimate of drug-likeness (QED) is 0.589. The molecule has 0 saturated carbocycles. The van der Waals surface area contributed by atoms with Gasteiger partial charge in [0.2, 0.25) is 0 Å². The molecule has 0 fully saturated rings. The fraction of sp³-hybridized carbons (Fsp3) is 1.00. The molecule has 0 aliphatic carbocycles. The highest BCUT2D eigenvalue weighted by Crippen LogP contribution is 2.38. The summed E-state index contributed by atoms with van der Waals surface area (Å²) in [6.07, 6.45) is 2.67. The van der Waals surface area contributed by atoms with Gasteiger partial charge in [0.1, 0.15) is 0 Å². The fourth-order valence-electron chi connectivity index (χ4n) is 1.91. The molecule has 0 amide bonds. The first-order valence-electron chi connectivity index (χ1n) is 6.09. The molecular formula is C14H30. The van der Waals surface area contributed by atoms with Gasteiger partial charge in [-0.3, -0.25) is 0 Å². The van der Waals surface area contributed by atoms with Crippen LogP contribution in [0, 0.1) is 22.7 Å². The van der Waals surface area contributed by atoms with E-state index >= 15 is 0 Å². The lowest BCUT2D eigenvalue weighted by molar-refractivity contribution is 0.141. The minimum Gasteiger partial charge on any atom is -0.0651 e. The largest absolute Gasteiger partial charge is 0.0651 e. The first-order valence-corrected chi connectivity index (χ1v) is 6.09. The second-order valence-corrected chi connectivity index (χ2v) is 6.97. The molecule has 0 N–H and O–H groups in total. The standard InChI is InChI=1S/C14H30/c1-9-12(14(6,7)8)10-11(2)13(3,4)5/h11-12H,9-10H2,1-8H3. The summed E-state index contributed by atoms with van der Waals surface area (Å²) in [6, 6.07) is 0. The predicted octanol–water partition coefficient (Wildman–Crippen LogP) is 5.13. The lowest BCUT2D eigenvalue weighted by Crippen LogP contribution is -2.27. The fourth-order valence-corrected chi connectivity index (χ4v) is 1.91. The van der Waals surface area contributed by atoms with Crippen molar-refractivity contribution < 1.29 is 0 Å². The smallest absolute Gasteiger partial charge is 0.0354 e. The Bertz CT molecular complexity index is 154. The third-order valence-electron chi connectivity index (χ3n) is 3.83. The molecule has 0 bridgehead atoms. The monoisotopic (exact) mass is 198 g/mol. The molecule has 0 rings (SSSR count). The average Bonchev–Trinajstić information content (AvgIpc) is 1.95. The molecule has 2 unspecified atom stereocenters. The second-order valence-electron chi connectivity index (χ2n) is 6.97. The van der Waals surface area contributed by atoms with Crippen molar-refractivity contribution in [2.75, 3.05) is 0 Å². The van der Waals surface area contributed by atoms with E-state index in [4.69, 9.17) is 0 Å². The van der Waals surface area contributed by atoms with Crippen LogP contribution >= 0.6 is 0 Å². The third-order valence-corrected chi connectivity index (χ3v) is 3.83. The lowest BCUT2D eigenvalue weighted by atomic mass is 9.69. The molecular weight excluding hydrogens is 168 g/mol. The van der Waals surface area contributed by atoms with Gasteiger partial charge in [0.25, 0.3) is 0 Å². The van der Waals surface area contributed by atoms with Crippen LogP contribution in [-0.4, -0.2) is 0 Å². The van der Waals surface area contributed by atoms with Gasteiger partial charge in [0.05, 0.1) is 0 Å². The molecule has 86 valence electrons. The van der Waals surface area contributed by atoms with E-state index in [1.165, 1.54) is 12.8 Å². The molecule has 0 saturated heterocycles. The van der Waals surface area contributed by atoms with E-state index < -0.39 is 0 Å². The van der Waals surface area contributed by atoms with Crippen molar-refractivity contribution >= 4 is 0 Å². The van der Waals surface area contributed by atoms with E-state index in [1.807, 2.05) is 0 Å². The number of hydrogen-bond acceptors (Lipinski definition) is 0. The van der Waals surface area contributed by atoms with Crippen molar-refractivity contribution in [2.45, 2.75) is 68.2 Å². The van der Waals surface area contributed by atoms with E-state index in [9.17, 15) is 0 Å². The van der Waals surface area contributed by atoms with E-state index in [1.54, 1.807) is 0 Å². The maximum absolute atomic E-state index is 2.40. The maximum atomic E-state index is 2.40. The van der Waals surface area contributed by atoms with Crippen LogP contribution in [0.4, 0.5) is 0 Å². The van der Waals surface area contributed by atoms with Crippen LogP contribution in [0.1, 0.15) is 68.2 Å². The van der Waals surface area contributed by atoms with Gasteiger partial charge in [0, 0.05) is 0 Å². The summed E-state index contributed by atoms with van der Waals surface area (Å²) in [5.74, 6) is 1.67. The van der Waals surface area contributed by atoms with Gasteiger partial charge < -0.3 is 0 Å². The first kappa shape index (κ1) is 14.0. The first-order chi connectivity index (χ1) is 6.09. The van der Waals surface area contributed by atoms with E-state index in [0.29, 0.717) is 10.8 Å². The van der Waals surface area contributed by atoms with Crippen LogP contribution in [0.15, 0.2) is 0 Å².